The lowest BCUT2D eigenvalue weighted by molar-refractivity contribution is -0.149. The Labute approximate surface area is 145 Å². The van der Waals surface area contributed by atoms with Gasteiger partial charge in [0.05, 0.1) is 18.2 Å². The monoisotopic (exact) mass is 351 g/mol. The van der Waals surface area contributed by atoms with Gasteiger partial charge in [0, 0.05) is 0 Å². The molecule has 0 radical (unpaired) electrons. The average Bonchev–Trinajstić information content (AvgIpc) is 2.63. The van der Waals surface area contributed by atoms with Crippen molar-refractivity contribution in [2.45, 2.75) is 38.5 Å². The highest BCUT2D eigenvalue weighted by Gasteiger charge is 2.28. The zero-order valence-electron chi connectivity index (χ0n) is 14.0. The first-order valence-corrected chi connectivity index (χ1v) is 8.24. The van der Waals surface area contributed by atoms with Gasteiger partial charge < -0.3 is 10.1 Å². The molecule has 0 heterocycles. The molecule has 136 valence electrons. The van der Waals surface area contributed by atoms with Crippen LogP contribution in [0.15, 0.2) is 18.2 Å². The molecular weight excluding hydrogens is 329 g/mol. The van der Waals surface area contributed by atoms with Gasteiger partial charge in [-0.1, -0.05) is 6.07 Å². The summed E-state index contributed by atoms with van der Waals surface area (Å²) < 4.78 is 19.2. The van der Waals surface area contributed by atoms with Crippen molar-refractivity contribution >= 4 is 23.5 Å². The van der Waals surface area contributed by atoms with E-state index in [4.69, 9.17) is 10.6 Å². The molecule has 0 unspecified atom stereocenters. The maximum Gasteiger partial charge on any atom is 0.323 e. The number of hydrogen-bond acceptors (Lipinski definition) is 5. The lowest BCUT2D eigenvalue weighted by Crippen LogP contribution is -2.39. The van der Waals surface area contributed by atoms with Crippen molar-refractivity contribution in [3.63, 3.8) is 0 Å². The number of anilines is 1. The van der Waals surface area contributed by atoms with Crippen molar-refractivity contribution in [2.24, 2.45) is 11.8 Å². The van der Waals surface area contributed by atoms with Crippen LogP contribution in [0.4, 0.5) is 10.1 Å². The summed E-state index contributed by atoms with van der Waals surface area (Å²) in [7, 11) is 0. The molecule has 0 aliphatic heterocycles. The fourth-order valence-electron chi connectivity index (χ4n) is 3.05. The molecule has 1 saturated carbocycles. The van der Waals surface area contributed by atoms with E-state index in [2.05, 4.69) is 5.32 Å². The molecule has 8 heteroatoms. The van der Waals surface area contributed by atoms with Crippen molar-refractivity contribution < 1.29 is 23.5 Å². The SMILES string of the molecule is CCOC(=O)[C@H]1CC[C@H](c2ccc(NC(=O)C(=O)NN)c(F)c2)CC1. The third-order valence-corrected chi connectivity index (χ3v) is 4.40. The van der Waals surface area contributed by atoms with Gasteiger partial charge >= 0.3 is 17.8 Å². The van der Waals surface area contributed by atoms with E-state index < -0.39 is 17.6 Å². The molecule has 2 amide bonds. The van der Waals surface area contributed by atoms with Gasteiger partial charge in [-0.25, -0.2) is 10.2 Å². The minimum atomic E-state index is -1.05. The van der Waals surface area contributed by atoms with Crippen LogP contribution >= 0.6 is 0 Å². The number of nitrogens with two attached hydrogens (primary N) is 1. The van der Waals surface area contributed by atoms with Crippen LogP contribution in [0.2, 0.25) is 0 Å². The van der Waals surface area contributed by atoms with Crippen molar-refractivity contribution in [3.8, 4) is 0 Å². The Morgan fingerprint density at radius 1 is 1.20 bits per heavy atom. The third kappa shape index (κ3) is 4.76. The van der Waals surface area contributed by atoms with Crippen LogP contribution in [0.3, 0.4) is 0 Å². The van der Waals surface area contributed by atoms with E-state index in [9.17, 15) is 18.8 Å². The summed E-state index contributed by atoms with van der Waals surface area (Å²) in [5, 5.41) is 2.16. The number of hydrazine groups is 1. The number of carbonyl (C=O) groups is 3. The second kappa shape index (κ2) is 8.57. The maximum absolute atomic E-state index is 14.2. The highest BCUT2D eigenvalue weighted by atomic mass is 19.1. The summed E-state index contributed by atoms with van der Waals surface area (Å²) >= 11 is 0. The molecule has 1 fully saturated rings. The second-order valence-electron chi connectivity index (χ2n) is 5.97. The molecule has 7 nitrogen and oxygen atoms in total. The molecule has 2 rings (SSSR count). The topological polar surface area (TPSA) is 111 Å². The van der Waals surface area contributed by atoms with Gasteiger partial charge in [0.2, 0.25) is 0 Å². The smallest absolute Gasteiger partial charge is 0.323 e. The van der Waals surface area contributed by atoms with Gasteiger partial charge in [-0.05, 0) is 56.2 Å². The van der Waals surface area contributed by atoms with E-state index in [1.54, 1.807) is 18.4 Å². The predicted octanol–water partition coefficient (Wildman–Crippen LogP) is 1.59. The molecule has 0 saturated heterocycles. The molecule has 1 aliphatic carbocycles. The largest absolute Gasteiger partial charge is 0.466 e. The Morgan fingerprint density at radius 3 is 2.44 bits per heavy atom. The maximum atomic E-state index is 14.2. The number of amides is 2. The molecule has 0 bridgehead atoms. The number of halogens is 1. The molecular formula is C17H22FN3O4. The van der Waals surface area contributed by atoms with Gasteiger partial charge in [0.15, 0.2) is 0 Å². The standard InChI is InChI=1S/C17H22FN3O4/c1-2-25-17(24)11-5-3-10(4-6-11)12-7-8-14(13(18)9-12)20-15(22)16(23)21-19/h7-11H,2-6,19H2,1H3,(H,20,22)(H,21,23)/t10-,11-. The molecule has 0 atom stereocenters. The Balaban J connectivity index is 1.98. The molecule has 0 spiro atoms. The number of ether oxygens (including phenoxy) is 1. The van der Waals surface area contributed by atoms with Crippen LogP contribution in [-0.4, -0.2) is 24.4 Å². The highest BCUT2D eigenvalue weighted by molar-refractivity contribution is 6.39. The van der Waals surface area contributed by atoms with Crippen molar-refractivity contribution in [1.29, 1.82) is 0 Å². The van der Waals surface area contributed by atoms with Crippen molar-refractivity contribution in [1.82, 2.24) is 5.43 Å². The number of hydrogen-bond donors (Lipinski definition) is 3. The van der Waals surface area contributed by atoms with Crippen LogP contribution in [0.25, 0.3) is 0 Å². The second-order valence-corrected chi connectivity index (χ2v) is 5.97. The first kappa shape index (κ1) is 18.9. The quantitative estimate of drug-likeness (QED) is 0.251. The predicted molar refractivity (Wildman–Crippen MR) is 88.7 cm³/mol. The van der Waals surface area contributed by atoms with E-state index in [0.29, 0.717) is 19.4 Å². The summed E-state index contributed by atoms with van der Waals surface area (Å²) in [6.45, 7) is 2.16. The number of rotatable bonds is 4. The molecule has 1 aromatic carbocycles. The Hall–Kier alpha value is -2.48. The first-order chi connectivity index (χ1) is 12.0. The fraction of sp³-hybridized carbons (Fsp3) is 0.471. The average molecular weight is 351 g/mol. The van der Waals surface area contributed by atoms with Gasteiger partial charge in [0.1, 0.15) is 5.82 Å². The number of esters is 1. The Kier molecular flexibility index (Phi) is 6.46. The zero-order valence-corrected chi connectivity index (χ0v) is 14.0. The summed E-state index contributed by atoms with van der Waals surface area (Å²) in [6.07, 6.45) is 2.95. The first-order valence-electron chi connectivity index (χ1n) is 8.24. The number of nitrogens with one attached hydrogen (secondary N) is 2. The minimum absolute atomic E-state index is 0.0856. The third-order valence-electron chi connectivity index (χ3n) is 4.40. The van der Waals surface area contributed by atoms with E-state index in [1.807, 2.05) is 0 Å². The van der Waals surface area contributed by atoms with Crippen molar-refractivity contribution in [3.05, 3.63) is 29.6 Å². The summed E-state index contributed by atoms with van der Waals surface area (Å²) in [6, 6.07) is 4.49. The number of carbonyl (C=O) groups excluding carboxylic acids is 3. The van der Waals surface area contributed by atoms with E-state index in [0.717, 1.165) is 18.4 Å². The van der Waals surface area contributed by atoms with Gasteiger partial charge in [-0.2, -0.15) is 0 Å². The van der Waals surface area contributed by atoms with Gasteiger partial charge in [-0.15, -0.1) is 0 Å². The van der Waals surface area contributed by atoms with Crippen LogP contribution in [-0.2, 0) is 19.1 Å². The normalized spacial score (nSPS) is 19.8. The lowest BCUT2D eigenvalue weighted by Gasteiger charge is -2.27. The van der Waals surface area contributed by atoms with E-state index >= 15 is 0 Å². The van der Waals surface area contributed by atoms with Crippen LogP contribution in [0, 0.1) is 11.7 Å². The lowest BCUT2D eigenvalue weighted by atomic mass is 9.78. The highest BCUT2D eigenvalue weighted by Crippen LogP contribution is 2.37. The van der Waals surface area contributed by atoms with Gasteiger partial charge in [-0.3, -0.25) is 19.8 Å². The van der Waals surface area contributed by atoms with Gasteiger partial charge in [0.25, 0.3) is 0 Å². The molecule has 25 heavy (non-hydrogen) atoms. The Bertz CT molecular complexity index is 657. The zero-order chi connectivity index (χ0) is 18.4. The van der Waals surface area contributed by atoms with Crippen molar-refractivity contribution in [2.75, 3.05) is 11.9 Å². The molecule has 4 N–H and O–H groups in total. The molecule has 1 aromatic rings. The summed E-state index contributed by atoms with van der Waals surface area (Å²) in [4.78, 5) is 34.2. The molecule has 0 aromatic heterocycles. The Morgan fingerprint density at radius 2 is 1.88 bits per heavy atom. The fourth-order valence-corrected chi connectivity index (χ4v) is 3.05. The summed E-state index contributed by atoms with van der Waals surface area (Å²) in [5.41, 5.74) is 2.40. The van der Waals surface area contributed by atoms with Crippen LogP contribution in [0.5, 0.6) is 0 Å². The number of benzene rings is 1. The van der Waals surface area contributed by atoms with E-state index in [-0.39, 0.29) is 23.5 Å². The van der Waals surface area contributed by atoms with E-state index in [1.165, 1.54) is 12.1 Å². The van der Waals surface area contributed by atoms with Crippen LogP contribution < -0.4 is 16.6 Å². The molecule has 1 aliphatic rings. The van der Waals surface area contributed by atoms with Crippen LogP contribution in [0.1, 0.15) is 44.1 Å². The summed E-state index contributed by atoms with van der Waals surface area (Å²) in [5.74, 6) is 2.03. The minimum Gasteiger partial charge on any atom is -0.466 e.